The van der Waals surface area contributed by atoms with Crippen molar-refractivity contribution in [1.82, 2.24) is 15.6 Å². The quantitative estimate of drug-likeness (QED) is 0.303. The van der Waals surface area contributed by atoms with Gasteiger partial charge in [0.15, 0.2) is 11.1 Å². The highest BCUT2D eigenvalue weighted by molar-refractivity contribution is 14.0. The van der Waals surface area contributed by atoms with Gasteiger partial charge in [-0.1, -0.05) is 23.7 Å². The van der Waals surface area contributed by atoms with Crippen molar-refractivity contribution in [2.24, 2.45) is 4.99 Å². The monoisotopic (exact) mass is 533 g/mol. The summed E-state index contributed by atoms with van der Waals surface area (Å²) < 4.78 is 0. The lowest BCUT2D eigenvalue weighted by atomic mass is 10.1. The van der Waals surface area contributed by atoms with Gasteiger partial charge in [0, 0.05) is 43.0 Å². The molecular formula is C20H29ClIN5S. The molecule has 1 unspecified atom stereocenters. The van der Waals surface area contributed by atoms with Crippen LogP contribution in [0.2, 0.25) is 5.02 Å². The number of halogens is 2. The molecule has 1 aliphatic rings. The standard InChI is InChI=1S/C20H28ClN5S.HI/c1-3-22-19(24-15(2)16-6-8-17(21)9-7-16)23-11-10-18-14-27-20(25-18)26-12-4-5-13-26;/h6-9,14-15H,3-5,10-13H2,1-2H3,(H2,22,23,24);1H. The van der Waals surface area contributed by atoms with E-state index >= 15 is 0 Å². The van der Waals surface area contributed by atoms with Gasteiger partial charge in [-0.3, -0.25) is 4.99 Å². The molecule has 0 spiro atoms. The number of thiazole rings is 1. The van der Waals surface area contributed by atoms with Gasteiger partial charge >= 0.3 is 0 Å². The maximum Gasteiger partial charge on any atom is 0.191 e. The molecule has 1 saturated heterocycles. The lowest BCUT2D eigenvalue weighted by Gasteiger charge is -2.18. The zero-order valence-electron chi connectivity index (χ0n) is 16.4. The van der Waals surface area contributed by atoms with Crippen LogP contribution < -0.4 is 15.5 Å². The average Bonchev–Trinajstić information content (AvgIpc) is 3.34. The van der Waals surface area contributed by atoms with Crippen molar-refractivity contribution in [3.63, 3.8) is 0 Å². The number of guanidine groups is 1. The molecule has 1 aromatic carbocycles. The minimum atomic E-state index is 0. The van der Waals surface area contributed by atoms with Gasteiger partial charge in [0.25, 0.3) is 0 Å². The van der Waals surface area contributed by atoms with E-state index < -0.39 is 0 Å². The number of hydrogen-bond acceptors (Lipinski definition) is 4. The SMILES string of the molecule is CCNC(=NCCc1csc(N2CCCC2)n1)NC(C)c1ccc(Cl)cc1.I. The maximum absolute atomic E-state index is 5.98. The van der Waals surface area contributed by atoms with Gasteiger partial charge in [0.1, 0.15) is 0 Å². The Kier molecular flexibility index (Phi) is 9.81. The van der Waals surface area contributed by atoms with Crippen molar-refractivity contribution in [3.05, 3.63) is 45.9 Å². The highest BCUT2D eigenvalue weighted by Crippen LogP contribution is 2.24. The summed E-state index contributed by atoms with van der Waals surface area (Å²) in [4.78, 5) is 11.9. The average molecular weight is 534 g/mol. The van der Waals surface area contributed by atoms with Crippen LogP contribution in [-0.4, -0.2) is 37.1 Å². The molecule has 0 saturated carbocycles. The molecule has 0 bridgehead atoms. The van der Waals surface area contributed by atoms with Gasteiger partial charge in [-0.15, -0.1) is 35.3 Å². The zero-order chi connectivity index (χ0) is 19.1. The molecule has 8 heteroatoms. The Morgan fingerprint density at radius 3 is 2.68 bits per heavy atom. The minimum absolute atomic E-state index is 0. The molecule has 0 aliphatic carbocycles. The molecule has 1 aromatic heterocycles. The Bertz CT molecular complexity index is 743. The van der Waals surface area contributed by atoms with E-state index in [1.807, 2.05) is 24.3 Å². The molecule has 154 valence electrons. The van der Waals surface area contributed by atoms with Crippen LogP contribution in [0.15, 0.2) is 34.6 Å². The summed E-state index contributed by atoms with van der Waals surface area (Å²) >= 11 is 7.73. The topological polar surface area (TPSA) is 52.6 Å². The highest BCUT2D eigenvalue weighted by Gasteiger charge is 2.15. The molecule has 2 heterocycles. The molecule has 2 aromatic rings. The molecule has 2 N–H and O–H groups in total. The summed E-state index contributed by atoms with van der Waals surface area (Å²) in [6.45, 7) is 8.02. The molecule has 3 rings (SSSR count). The van der Waals surface area contributed by atoms with Crippen molar-refractivity contribution < 1.29 is 0 Å². The molecule has 28 heavy (non-hydrogen) atoms. The van der Waals surface area contributed by atoms with Gasteiger partial charge < -0.3 is 15.5 Å². The second kappa shape index (κ2) is 11.8. The fourth-order valence-corrected chi connectivity index (χ4v) is 4.15. The molecular weight excluding hydrogens is 505 g/mol. The first-order valence-corrected chi connectivity index (χ1v) is 10.9. The second-order valence-electron chi connectivity index (χ2n) is 6.74. The third kappa shape index (κ3) is 6.77. The van der Waals surface area contributed by atoms with Crippen LogP contribution in [0.5, 0.6) is 0 Å². The number of anilines is 1. The van der Waals surface area contributed by atoms with Gasteiger partial charge in [-0.2, -0.15) is 0 Å². The van der Waals surface area contributed by atoms with Crippen LogP contribution in [0.3, 0.4) is 0 Å². The lowest BCUT2D eigenvalue weighted by molar-refractivity contribution is 0.686. The van der Waals surface area contributed by atoms with Gasteiger partial charge in [0.05, 0.1) is 11.7 Å². The van der Waals surface area contributed by atoms with Crippen LogP contribution >= 0.6 is 46.9 Å². The summed E-state index contributed by atoms with van der Waals surface area (Å²) in [7, 11) is 0. The van der Waals surface area contributed by atoms with Crippen molar-refractivity contribution in [2.75, 3.05) is 31.1 Å². The number of nitrogens with zero attached hydrogens (tertiary/aromatic N) is 3. The number of aromatic nitrogens is 1. The first kappa shape index (κ1) is 23.2. The van der Waals surface area contributed by atoms with Crippen molar-refractivity contribution >= 4 is 58.0 Å². The Labute approximate surface area is 194 Å². The number of rotatable bonds is 7. The lowest BCUT2D eigenvalue weighted by Crippen LogP contribution is -2.38. The Hall–Kier alpha value is -1.06. The van der Waals surface area contributed by atoms with Crippen molar-refractivity contribution in [1.29, 1.82) is 0 Å². The second-order valence-corrected chi connectivity index (χ2v) is 8.02. The van der Waals surface area contributed by atoms with Gasteiger partial charge in [-0.05, 0) is 44.4 Å². The molecule has 0 amide bonds. The predicted molar refractivity (Wildman–Crippen MR) is 132 cm³/mol. The number of nitrogens with one attached hydrogen (secondary N) is 2. The number of aliphatic imine (C=N–C) groups is 1. The van der Waals surface area contributed by atoms with Crippen molar-refractivity contribution in [2.45, 2.75) is 39.2 Å². The third-order valence-electron chi connectivity index (χ3n) is 4.62. The summed E-state index contributed by atoms with van der Waals surface area (Å²) in [6.07, 6.45) is 3.42. The van der Waals surface area contributed by atoms with E-state index in [4.69, 9.17) is 21.6 Å². The first-order chi connectivity index (χ1) is 13.2. The Morgan fingerprint density at radius 1 is 1.29 bits per heavy atom. The van der Waals surface area contributed by atoms with Crippen LogP contribution in [0.25, 0.3) is 0 Å². The van der Waals surface area contributed by atoms with Crippen molar-refractivity contribution in [3.8, 4) is 0 Å². The van der Waals surface area contributed by atoms with Crippen LogP contribution in [0.1, 0.15) is 44.0 Å². The van der Waals surface area contributed by atoms with E-state index in [1.54, 1.807) is 11.3 Å². The fraction of sp³-hybridized carbons (Fsp3) is 0.500. The van der Waals surface area contributed by atoms with E-state index in [9.17, 15) is 0 Å². The number of hydrogen-bond donors (Lipinski definition) is 2. The van der Waals surface area contributed by atoms with Crippen LogP contribution in [0, 0.1) is 0 Å². The van der Waals surface area contributed by atoms with Gasteiger partial charge in [-0.25, -0.2) is 4.98 Å². The van der Waals surface area contributed by atoms with E-state index in [1.165, 1.54) is 18.4 Å². The molecule has 1 atom stereocenters. The Balaban J connectivity index is 0.00000280. The molecule has 5 nitrogen and oxygen atoms in total. The highest BCUT2D eigenvalue weighted by atomic mass is 127. The van der Waals surface area contributed by atoms with E-state index in [0.717, 1.165) is 47.9 Å². The summed E-state index contributed by atoms with van der Waals surface area (Å²) in [6, 6.07) is 8.07. The van der Waals surface area contributed by atoms with Crippen LogP contribution in [0.4, 0.5) is 5.13 Å². The first-order valence-electron chi connectivity index (χ1n) is 9.65. The summed E-state index contributed by atoms with van der Waals surface area (Å²) in [5.74, 6) is 0.829. The van der Waals surface area contributed by atoms with Gasteiger partial charge in [0.2, 0.25) is 0 Å². The smallest absolute Gasteiger partial charge is 0.191 e. The molecule has 0 radical (unpaired) electrons. The third-order valence-corrected chi connectivity index (χ3v) is 5.82. The van der Waals surface area contributed by atoms with Crippen LogP contribution in [-0.2, 0) is 6.42 Å². The van der Waals surface area contributed by atoms with E-state index in [0.29, 0.717) is 6.54 Å². The molecule has 1 fully saturated rings. The maximum atomic E-state index is 5.98. The summed E-state index contributed by atoms with van der Waals surface area (Å²) in [5, 5.41) is 10.9. The largest absolute Gasteiger partial charge is 0.357 e. The Morgan fingerprint density at radius 2 is 2.00 bits per heavy atom. The summed E-state index contributed by atoms with van der Waals surface area (Å²) in [5.41, 5.74) is 2.31. The van der Waals surface area contributed by atoms with E-state index in [-0.39, 0.29) is 30.0 Å². The van der Waals surface area contributed by atoms with E-state index in [2.05, 4.69) is 34.8 Å². The normalized spacial score (nSPS) is 15.2. The number of benzene rings is 1. The minimum Gasteiger partial charge on any atom is -0.357 e. The molecule has 1 aliphatic heterocycles. The zero-order valence-corrected chi connectivity index (χ0v) is 20.4. The predicted octanol–water partition coefficient (Wildman–Crippen LogP) is 4.87. The fourth-order valence-electron chi connectivity index (χ4n) is 3.11.